The van der Waals surface area contributed by atoms with Crippen LogP contribution in [0.1, 0.15) is 24.8 Å². The maximum atomic E-state index is 12.3. The van der Waals surface area contributed by atoms with Gasteiger partial charge in [0.1, 0.15) is 0 Å². The van der Waals surface area contributed by atoms with Gasteiger partial charge in [-0.25, -0.2) is 12.7 Å². The number of hydrogen-bond donors (Lipinski definition) is 2. The number of hydrogen-bond acceptors (Lipinski definition) is 4. The molecule has 0 unspecified atom stereocenters. The van der Waals surface area contributed by atoms with Crippen LogP contribution in [0.4, 0.5) is 5.69 Å². The van der Waals surface area contributed by atoms with Gasteiger partial charge in [0.25, 0.3) is 0 Å². The largest absolute Gasteiger partial charge is 0.325 e. The molecule has 1 amide bonds. The number of nitrogens with zero attached hydrogens (tertiary/aromatic N) is 1. The van der Waals surface area contributed by atoms with Crippen molar-refractivity contribution in [2.75, 3.05) is 26.0 Å². The van der Waals surface area contributed by atoms with Gasteiger partial charge in [0.15, 0.2) is 0 Å². The molecule has 1 fully saturated rings. The molecule has 1 aliphatic heterocycles. The molecule has 1 saturated heterocycles. The number of aryl methyl sites for hydroxylation is 1. The Balaban J connectivity index is 0.00000264. The highest BCUT2D eigenvalue weighted by Gasteiger charge is 2.23. The third kappa shape index (κ3) is 4.67. The third-order valence-electron chi connectivity index (χ3n) is 3.84. The van der Waals surface area contributed by atoms with E-state index in [1.165, 1.54) is 24.5 Å². The zero-order chi connectivity index (χ0) is 16.3. The Morgan fingerprint density at radius 2 is 2.00 bits per heavy atom. The van der Waals surface area contributed by atoms with Crippen LogP contribution in [0, 0.1) is 6.92 Å². The summed E-state index contributed by atoms with van der Waals surface area (Å²) < 4.78 is 25.8. The predicted octanol–water partition coefficient (Wildman–Crippen LogP) is 1.75. The second kappa shape index (κ2) is 8.10. The van der Waals surface area contributed by atoms with Crippen molar-refractivity contribution in [2.45, 2.75) is 37.1 Å². The van der Waals surface area contributed by atoms with Crippen molar-refractivity contribution in [3.63, 3.8) is 0 Å². The highest BCUT2D eigenvalue weighted by Crippen LogP contribution is 2.22. The second-order valence-corrected chi connectivity index (χ2v) is 7.88. The molecule has 1 aromatic carbocycles. The Kier molecular flexibility index (Phi) is 7.01. The number of benzene rings is 1. The van der Waals surface area contributed by atoms with Gasteiger partial charge in [-0.15, -0.1) is 12.4 Å². The number of anilines is 1. The van der Waals surface area contributed by atoms with E-state index in [-0.39, 0.29) is 29.3 Å². The fraction of sp³-hybridized carbons (Fsp3) is 0.533. The quantitative estimate of drug-likeness (QED) is 0.856. The molecular formula is C15H24ClN3O3S. The van der Waals surface area contributed by atoms with E-state index in [1.807, 2.05) is 0 Å². The maximum absolute atomic E-state index is 12.3. The van der Waals surface area contributed by atoms with Crippen molar-refractivity contribution in [1.29, 1.82) is 0 Å². The minimum atomic E-state index is -3.52. The summed E-state index contributed by atoms with van der Waals surface area (Å²) in [5.41, 5.74) is 1.16. The molecule has 0 aromatic heterocycles. The third-order valence-corrected chi connectivity index (χ3v) is 5.80. The van der Waals surface area contributed by atoms with Crippen LogP contribution < -0.4 is 10.6 Å². The SMILES string of the molecule is Cc1ccc(NC(=O)[C@@H]2CCCCN2)cc1S(=O)(=O)N(C)C.Cl. The lowest BCUT2D eigenvalue weighted by molar-refractivity contribution is -0.118. The van der Waals surface area contributed by atoms with Gasteiger partial charge >= 0.3 is 0 Å². The van der Waals surface area contributed by atoms with Gasteiger partial charge in [-0.2, -0.15) is 0 Å². The number of piperidine rings is 1. The van der Waals surface area contributed by atoms with Gasteiger partial charge < -0.3 is 10.6 Å². The predicted molar refractivity (Wildman–Crippen MR) is 93.6 cm³/mol. The molecule has 1 heterocycles. The van der Waals surface area contributed by atoms with Crippen LogP contribution in [0.3, 0.4) is 0 Å². The first-order chi connectivity index (χ1) is 10.3. The molecule has 1 aliphatic rings. The Morgan fingerprint density at radius 1 is 1.30 bits per heavy atom. The van der Waals surface area contributed by atoms with E-state index >= 15 is 0 Å². The van der Waals surface area contributed by atoms with E-state index in [9.17, 15) is 13.2 Å². The number of nitrogens with one attached hydrogen (secondary N) is 2. The van der Waals surface area contributed by atoms with Crippen molar-refractivity contribution < 1.29 is 13.2 Å². The summed E-state index contributed by atoms with van der Waals surface area (Å²) in [6, 6.07) is 4.75. The lowest BCUT2D eigenvalue weighted by Gasteiger charge is -2.23. The Morgan fingerprint density at radius 3 is 2.57 bits per heavy atom. The highest BCUT2D eigenvalue weighted by molar-refractivity contribution is 7.89. The van der Waals surface area contributed by atoms with E-state index in [1.54, 1.807) is 19.1 Å². The Labute approximate surface area is 144 Å². The minimum absolute atomic E-state index is 0. The smallest absolute Gasteiger partial charge is 0.242 e. The highest BCUT2D eigenvalue weighted by atomic mass is 35.5. The van der Waals surface area contributed by atoms with E-state index < -0.39 is 10.0 Å². The number of amides is 1. The molecule has 0 aliphatic carbocycles. The van der Waals surface area contributed by atoms with Gasteiger partial charge in [-0.1, -0.05) is 12.5 Å². The molecule has 23 heavy (non-hydrogen) atoms. The van der Waals surface area contributed by atoms with Crippen LogP contribution >= 0.6 is 12.4 Å². The van der Waals surface area contributed by atoms with Crippen LogP contribution in [0.25, 0.3) is 0 Å². The Bertz CT molecular complexity index is 656. The molecule has 0 radical (unpaired) electrons. The summed E-state index contributed by atoms with van der Waals surface area (Å²) in [5.74, 6) is -0.114. The number of carbonyl (C=O) groups is 1. The van der Waals surface area contributed by atoms with E-state index in [4.69, 9.17) is 0 Å². The number of sulfonamides is 1. The van der Waals surface area contributed by atoms with Crippen molar-refractivity contribution in [2.24, 2.45) is 0 Å². The van der Waals surface area contributed by atoms with Gasteiger partial charge in [0, 0.05) is 19.8 Å². The zero-order valence-electron chi connectivity index (χ0n) is 13.6. The molecule has 0 spiro atoms. The number of rotatable bonds is 4. The van der Waals surface area contributed by atoms with Gasteiger partial charge in [0.05, 0.1) is 10.9 Å². The first-order valence-corrected chi connectivity index (χ1v) is 8.84. The number of carbonyl (C=O) groups excluding carboxylic acids is 1. The fourth-order valence-corrected chi connectivity index (χ4v) is 3.60. The topological polar surface area (TPSA) is 78.5 Å². The number of halogens is 1. The molecule has 6 nitrogen and oxygen atoms in total. The Hall–Kier alpha value is -1.15. The van der Waals surface area contributed by atoms with Crippen LogP contribution in [-0.4, -0.2) is 45.3 Å². The lowest BCUT2D eigenvalue weighted by Crippen LogP contribution is -2.43. The molecule has 2 N–H and O–H groups in total. The summed E-state index contributed by atoms with van der Waals surface area (Å²) >= 11 is 0. The first-order valence-electron chi connectivity index (χ1n) is 7.40. The standard InChI is InChI=1S/C15H23N3O3S.ClH/c1-11-7-8-12(10-14(11)22(20,21)18(2)3)17-15(19)13-6-4-5-9-16-13;/h7-8,10,13,16H,4-6,9H2,1-3H3,(H,17,19);1H/t13-;/m0./s1. The normalized spacial score (nSPS) is 18.3. The molecule has 8 heteroatoms. The van der Waals surface area contributed by atoms with Crippen LogP contribution in [0.5, 0.6) is 0 Å². The van der Waals surface area contributed by atoms with E-state index in [0.717, 1.165) is 25.8 Å². The van der Waals surface area contributed by atoms with Gasteiger partial charge in [-0.05, 0) is 44.0 Å². The summed E-state index contributed by atoms with van der Waals surface area (Å²) in [7, 11) is -0.540. The second-order valence-electron chi connectivity index (χ2n) is 5.76. The molecule has 130 valence electrons. The lowest BCUT2D eigenvalue weighted by atomic mass is 10.0. The van der Waals surface area contributed by atoms with Crippen molar-refractivity contribution in [1.82, 2.24) is 9.62 Å². The summed E-state index contributed by atoms with van der Waals surface area (Å²) in [6.45, 7) is 2.58. The molecule has 1 atom stereocenters. The molecular weight excluding hydrogens is 338 g/mol. The maximum Gasteiger partial charge on any atom is 0.242 e. The molecule has 0 bridgehead atoms. The van der Waals surface area contributed by atoms with Crippen LogP contribution in [0.15, 0.2) is 23.1 Å². The average molecular weight is 362 g/mol. The molecule has 0 saturated carbocycles. The summed E-state index contributed by atoms with van der Waals surface area (Å²) in [4.78, 5) is 12.4. The minimum Gasteiger partial charge on any atom is -0.325 e. The van der Waals surface area contributed by atoms with Gasteiger partial charge in [-0.3, -0.25) is 4.79 Å². The van der Waals surface area contributed by atoms with Crippen molar-refractivity contribution in [3.8, 4) is 0 Å². The molecule has 2 rings (SSSR count). The van der Waals surface area contributed by atoms with Crippen molar-refractivity contribution in [3.05, 3.63) is 23.8 Å². The fourth-order valence-electron chi connectivity index (χ4n) is 2.46. The summed E-state index contributed by atoms with van der Waals surface area (Å²) in [6.07, 6.45) is 2.92. The monoisotopic (exact) mass is 361 g/mol. The van der Waals surface area contributed by atoms with Crippen molar-refractivity contribution >= 4 is 34.0 Å². The van der Waals surface area contributed by atoms with E-state index in [0.29, 0.717) is 11.3 Å². The average Bonchev–Trinajstić information content (AvgIpc) is 2.49. The molecule has 1 aromatic rings. The zero-order valence-corrected chi connectivity index (χ0v) is 15.3. The van der Waals surface area contributed by atoms with Gasteiger partial charge in [0.2, 0.25) is 15.9 Å². The van der Waals surface area contributed by atoms with E-state index in [2.05, 4.69) is 10.6 Å². The van der Waals surface area contributed by atoms with Crippen LogP contribution in [-0.2, 0) is 14.8 Å². The summed E-state index contributed by atoms with van der Waals surface area (Å²) in [5, 5.41) is 5.98. The first kappa shape index (κ1) is 19.9. The van der Waals surface area contributed by atoms with Crippen LogP contribution in [0.2, 0.25) is 0 Å².